The minimum Gasteiger partial charge on any atom is -0.349 e. The van der Waals surface area contributed by atoms with Crippen LogP contribution in [0.2, 0.25) is 0 Å². The molecule has 0 saturated heterocycles. The van der Waals surface area contributed by atoms with Crippen LogP contribution >= 0.6 is 38.5 Å². The summed E-state index contributed by atoms with van der Waals surface area (Å²) in [4.78, 5) is 12.1. The van der Waals surface area contributed by atoms with E-state index < -0.39 is 0 Å². The van der Waals surface area contributed by atoms with Gasteiger partial charge in [-0.25, -0.2) is 0 Å². The lowest BCUT2D eigenvalue weighted by Gasteiger charge is -2.13. The summed E-state index contributed by atoms with van der Waals surface area (Å²) in [5, 5.41) is 3.13. The zero-order chi connectivity index (χ0) is 12.4. The second-order valence-corrected chi connectivity index (χ2v) is 6.79. The fraction of sp³-hybridized carbons (Fsp3) is 0.462. The highest BCUT2D eigenvalue weighted by molar-refractivity contribution is 14.1. The molecule has 0 bridgehead atoms. The first-order valence-corrected chi connectivity index (χ1v) is 7.69. The molecule has 4 heteroatoms. The average Bonchev–Trinajstić information content (AvgIpc) is 2.67. The van der Waals surface area contributed by atoms with E-state index in [0.29, 0.717) is 6.04 Å². The molecule has 1 aliphatic carbocycles. The Hall–Kier alpha value is -0.100. The van der Waals surface area contributed by atoms with E-state index in [-0.39, 0.29) is 5.91 Å². The van der Waals surface area contributed by atoms with Crippen LogP contribution in [-0.2, 0) is 0 Å². The van der Waals surface area contributed by atoms with Crippen molar-refractivity contribution in [2.45, 2.75) is 32.2 Å². The number of amides is 1. The van der Waals surface area contributed by atoms with Crippen LogP contribution in [0, 0.1) is 9.49 Å². The first-order chi connectivity index (χ1) is 8.06. The maximum atomic E-state index is 12.1. The van der Waals surface area contributed by atoms with Crippen LogP contribution in [-0.4, -0.2) is 11.9 Å². The zero-order valence-electron chi connectivity index (χ0n) is 9.67. The largest absolute Gasteiger partial charge is 0.349 e. The summed E-state index contributed by atoms with van der Waals surface area (Å²) >= 11 is 5.60. The van der Waals surface area contributed by atoms with Gasteiger partial charge in [0.15, 0.2) is 0 Å². The number of nitrogens with one attached hydrogen (secondary N) is 1. The van der Waals surface area contributed by atoms with Gasteiger partial charge in [0.05, 0.1) is 5.56 Å². The third-order valence-electron chi connectivity index (χ3n) is 3.20. The lowest BCUT2D eigenvalue weighted by atomic mass is 10.1. The van der Waals surface area contributed by atoms with Crippen molar-refractivity contribution in [3.63, 3.8) is 0 Å². The number of hydrogen-bond donors (Lipinski definition) is 1. The molecule has 0 spiro atoms. The van der Waals surface area contributed by atoms with Crippen LogP contribution in [0.4, 0.5) is 0 Å². The van der Waals surface area contributed by atoms with Crippen molar-refractivity contribution in [1.29, 1.82) is 0 Å². The molecular formula is C13H15BrINO. The summed E-state index contributed by atoms with van der Waals surface area (Å²) in [5.41, 5.74) is 0.763. The van der Waals surface area contributed by atoms with Gasteiger partial charge in [-0.3, -0.25) is 4.79 Å². The van der Waals surface area contributed by atoms with E-state index in [4.69, 9.17) is 0 Å². The lowest BCUT2D eigenvalue weighted by molar-refractivity contribution is 0.0936. The normalized spacial score (nSPS) is 23.7. The minimum absolute atomic E-state index is 0.0507. The number of halogens is 2. The minimum atomic E-state index is 0.0507. The molecule has 17 heavy (non-hydrogen) atoms. The predicted octanol–water partition coefficient (Wildman–Crippen LogP) is 3.97. The zero-order valence-corrected chi connectivity index (χ0v) is 13.4. The Bertz CT molecular complexity index is 435. The van der Waals surface area contributed by atoms with E-state index in [1.165, 1.54) is 6.42 Å². The van der Waals surface area contributed by atoms with E-state index in [9.17, 15) is 4.79 Å². The van der Waals surface area contributed by atoms with Crippen molar-refractivity contribution >= 4 is 44.4 Å². The Balaban J connectivity index is 2.06. The summed E-state index contributed by atoms with van der Waals surface area (Å²) in [6.45, 7) is 2.25. The molecule has 1 aromatic carbocycles. The van der Waals surface area contributed by atoms with Crippen LogP contribution in [0.15, 0.2) is 22.7 Å². The van der Waals surface area contributed by atoms with Gasteiger partial charge in [-0.05, 0) is 66.0 Å². The number of hydrogen-bond acceptors (Lipinski definition) is 1. The van der Waals surface area contributed by atoms with Crippen molar-refractivity contribution < 1.29 is 4.79 Å². The fourth-order valence-corrected chi connectivity index (χ4v) is 3.21. The van der Waals surface area contributed by atoms with Crippen molar-refractivity contribution in [3.05, 3.63) is 31.8 Å². The second-order valence-electron chi connectivity index (χ2n) is 4.71. The van der Waals surface area contributed by atoms with Crippen molar-refractivity contribution in [2.75, 3.05) is 0 Å². The third-order valence-corrected chi connectivity index (χ3v) is 4.64. The SMILES string of the molecule is CC1CCC(NC(=O)c2cc(Br)ccc2I)C1. The summed E-state index contributed by atoms with van der Waals surface area (Å²) in [5.74, 6) is 0.789. The van der Waals surface area contributed by atoms with E-state index in [1.54, 1.807) is 0 Å². The van der Waals surface area contributed by atoms with E-state index >= 15 is 0 Å². The van der Waals surface area contributed by atoms with Gasteiger partial charge in [-0.15, -0.1) is 0 Å². The summed E-state index contributed by atoms with van der Waals surface area (Å²) in [6, 6.07) is 6.15. The van der Waals surface area contributed by atoms with Crippen LogP contribution in [0.3, 0.4) is 0 Å². The highest BCUT2D eigenvalue weighted by atomic mass is 127. The molecule has 0 radical (unpaired) electrons. The molecule has 2 unspecified atom stereocenters. The van der Waals surface area contributed by atoms with Gasteiger partial charge < -0.3 is 5.32 Å². The molecule has 0 aromatic heterocycles. The monoisotopic (exact) mass is 407 g/mol. The highest BCUT2D eigenvalue weighted by Crippen LogP contribution is 2.25. The number of benzene rings is 1. The van der Waals surface area contributed by atoms with Gasteiger partial charge in [0.1, 0.15) is 0 Å². The highest BCUT2D eigenvalue weighted by Gasteiger charge is 2.23. The lowest BCUT2D eigenvalue weighted by Crippen LogP contribution is -2.33. The van der Waals surface area contributed by atoms with Gasteiger partial charge in [0.25, 0.3) is 5.91 Å². The Kier molecular flexibility index (Phi) is 4.47. The van der Waals surface area contributed by atoms with E-state index in [2.05, 4.69) is 50.8 Å². The van der Waals surface area contributed by atoms with Crippen LogP contribution in [0.25, 0.3) is 0 Å². The first-order valence-electron chi connectivity index (χ1n) is 5.82. The quantitative estimate of drug-likeness (QED) is 0.738. The number of carbonyl (C=O) groups excluding carboxylic acids is 1. The van der Waals surface area contributed by atoms with Gasteiger partial charge in [0.2, 0.25) is 0 Å². The van der Waals surface area contributed by atoms with E-state index in [1.807, 2.05) is 18.2 Å². The molecule has 1 N–H and O–H groups in total. The fourth-order valence-electron chi connectivity index (χ4n) is 2.27. The molecule has 1 aliphatic rings. The molecule has 0 heterocycles. The molecule has 1 aromatic rings. The molecule has 2 rings (SSSR count). The topological polar surface area (TPSA) is 29.1 Å². The molecule has 2 nitrogen and oxygen atoms in total. The summed E-state index contributed by atoms with van der Waals surface area (Å²) in [7, 11) is 0. The Morgan fingerprint density at radius 3 is 2.88 bits per heavy atom. The number of rotatable bonds is 2. The van der Waals surface area contributed by atoms with Gasteiger partial charge in [-0.1, -0.05) is 22.9 Å². The smallest absolute Gasteiger partial charge is 0.252 e. The Morgan fingerprint density at radius 2 is 2.24 bits per heavy atom. The number of carbonyl (C=O) groups is 1. The van der Waals surface area contributed by atoms with Crippen molar-refractivity contribution in [1.82, 2.24) is 5.32 Å². The Labute approximate surface area is 124 Å². The molecule has 2 atom stereocenters. The third kappa shape index (κ3) is 3.44. The van der Waals surface area contributed by atoms with Crippen molar-refractivity contribution in [2.24, 2.45) is 5.92 Å². The second kappa shape index (κ2) is 5.69. The molecule has 1 saturated carbocycles. The van der Waals surface area contributed by atoms with Gasteiger partial charge >= 0.3 is 0 Å². The van der Waals surface area contributed by atoms with Crippen LogP contribution < -0.4 is 5.32 Å². The molecule has 1 amide bonds. The maximum Gasteiger partial charge on any atom is 0.252 e. The molecule has 0 aliphatic heterocycles. The van der Waals surface area contributed by atoms with E-state index in [0.717, 1.165) is 32.4 Å². The first kappa shape index (κ1) is 13.3. The predicted molar refractivity (Wildman–Crippen MR) is 81.1 cm³/mol. The average molecular weight is 408 g/mol. The van der Waals surface area contributed by atoms with Gasteiger partial charge in [0, 0.05) is 14.1 Å². The van der Waals surface area contributed by atoms with Crippen molar-refractivity contribution in [3.8, 4) is 0 Å². The molecule has 92 valence electrons. The van der Waals surface area contributed by atoms with Crippen LogP contribution in [0.5, 0.6) is 0 Å². The standard InChI is InChI=1S/C13H15BrINO/c1-8-2-4-10(6-8)16-13(17)11-7-9(14)3-5-12(11)15/h3,5,7-8,10H,2,4,6H2,1H3,(H,16,17). The summed E-state index contributed by atoms with van der Waals surface area (Å²) in [6.07, 6.45) is 3.44. The van der Waals surface area contributed by atoms with Gasteiger partial charge in [-0.2, -0.15) is 0 Å². The van der Waals surface area contributed by atoms with Crippen LogP contribution in [0.1, 0.15) is 36.5 Å². The molecular weight excluding hydrogens is 393 g/mol. The Morgan fingerprint density at radius 1 is 1.47 bits per heavy atom. The molecule has 1 fully saturated rings. The summed E-state index contributed by atoms with van der Waals surface area (Å²) < 4.78 is 1.94. The maximum absolute atomic E-state index is 12.1.